The van der Waals surface area contributed by atoms with Crippen LogP contribution in [0.4, 0.5) is 0 Å². The number of ketones is 1. The van der Waals surface area contributed by atoms with E-state index in [9.17, 15) is 9.59 Å². The summed E-state index contributed by atoms with van der Waals surface area (Å²) in [4.78, 5) is 22.5. The molecule has 0 bridgehead atoms. The normalized spacial score (nSPS) is 10.9. The summed E-state index contributed by atoms with van der Waals surface area (Å²) in [5, 5.41) is 2.95. The molecule has 0 radical (unpaired) electrons. The summed E-state index contributed by atoms with van der Waals surface area (Å²) in [7, 11) is 0. The molecule has 0 heterocycles. The van der Waals surface area contributed by atoms with Gasteiger partial charge in [0.25, 0.3) is 0 Å². The first-order valence-corrected chi connectivity index (χ1v) is 8.87. The van der Waals surface area contributed by atoms with Crippen LogP contribution < -0.4 is 5.32 Å². The van der Waals surface area contributed by atoms with Crippen molar-refractivity contribution in [1.82, 2.24) is 5.32 Å². The standard InChI is InChI=1S/C18H35NO2/c1-4-17(20)14-12-10-8-6-5-7-9-11-13-15-19-18(21)16(2)3/h16H,4-15H2,1-3H3,(H,19,21). The van der Waals surface area contributed by atoms with Crippen molar-refractivity contribution < 1.29 is 9.59 Å². The number of rotatable bonds is 14. The van der Waals surface area contributed by atoms with Crippen LogP contribution in [-0.4, -0.2) is 18.2 Å². The van der Waals surface area contributed by atoms with Gasteiger partial charge in [-0.3, -0.25) is 9.59 Å². The summed E-state index contributed by atoms with van der Waals surface area (Å²) < 4.78 is 0. The number of amides is 1. The number of carbonyl (C=O) groups excluding carboxylic acids is 2. The largest absolute Gasteiger partial charge is 0.356 e. The maximum absolute atomic E-state index is 11.3. The van der Waals surface area contributed by atoms with E-state index >= 15 is 0 Å². The first-order valence-electron chi connectivity index (χ1n) is 8.87. The number of carbonyl (C=O) groups is 2. The lowest BCUT2D eigenvalue weighted by atomic mass is 10.0. The lowest BCUT2D eigenvalue weighted by Crippen LogP contribution is -2.28. The van der Waals surface area contributed by atoms with E-state index in [0.29, 0.717) is 12.2 Å². The molecule has 0 rings (SSSR count). The lowest BCUT2D eigenvalue weighted by Gasteiger charge is -2.07. The molecule has 0 fully saturated rings. The van der Waals surface area contributed by atoms with Gasteiger partial charge in [0.1, 0.15) is 5.78 Å². The van der Waals surface area contributed by atoms with E-state index in [1.165, 1.54) is 44.9 Å². The Bertz CT molecular complexity index is 274. The first-order chi connectivity index (χ1) is 10.1. The zero-order valence-electron chi connectivity index (χ0n) is 14.4. The number of hydrogen-bond donors (Lipinski definition) is 1. The van der Waals surface area contributed by atoms with Gasteiger partial charge in [-0.25, -0.2) is 0 Å². The van der Waals surface area contributed by atoms with E-state index in [4.69, 9.17) is 0 Å². The van der Waals surface area contributed by atoms with Gasteiger partial charge in [0.05, 0.1) is 0 Å². The van der Waals surface area contributed by atoms with Crippen molar-refractivity contribution in [3.63, 3.8) is 0 Å². The van der Waals surface area contributed by atoms with Gasteiger partial charge in [-0.05, 0) is 12.8 Å². The van der Waals surface area contributed by atoms with Crippen molar-refractivity contribution in [2.45, 2.75) is 91.4 Å². The fourth-order valence-corrected chi connectivity index (χ4v) is 2.28. The minimum Gasteiger partial charge on any atom is -0.356 e. The van der Waals surface area contributed by atoms with E-state index in [1.54, 1.807) is 0 Å². The molecule has 1 amide bonds. The molecule has 0 spiro atoms. The van der Waals surface area contributed by atoms with Crippen LogP contribution in [0.25, 0.3) is 0 Å². The van der Waals surface area contributed by atoms with Crippen LogP contribution in [0, 0.1) is 5.92 Å². The third kappa shape index (κ3) is 13.9. The highest BCUT2D eigenvalue weighted by molar-refractivity contribution is 5.78. The summed E-state index contributed by atoms with van der Waals surface area (Å²) >= 11 is 0. The molecule has 21 heavy (non-hydrogen) atoms. The second-order valence-corrected chi connectivity index (χ2v) is 6.27. The Labute approximate surface area is 131 Å². The van der Waals surface area contributed by atoms with Crippen LogP contribution >= 0.6 is 0 Å². The van der Waals surface area contributed by atoms with Gasteiger partial charge >= 0.3 is 0 Å². The van der Waals surface area contributed by atoms with Gasteiger partial charge in [-0.15, -0.1) is 0 Å². The lowest BCUT2D eigenvalue weighted by molar-refractivity contribution is -0.124. The zero-order valence-corrected chi connectivity index (χ0v) is 14.4. The van der Waals surface area contributed by atoms with Crippen molar-refractivity contribution >= 4 is 11.7 Å². The summed E-state index contributed by atoms with van der Waals surface area (Å²) in [5.74, 6) is 0.661. The Morgan fingerprint density at radius 1 is 0.810 bits per heavy atom. The van der Waals surface area contributed by atoms with Crippen LogP contribution in [0.5, 0.6) is 0 Å². The maximum atomic E-state index is 11.3. The average molecular weight is 297 g/mol. The van der Waals surface area contributed by atoms with Crippen LogP contribution in [0.2, 0.25) is 0 Å². The van der Waals surface area contributed by atoms with E-state index in [-0.39, 0.29) is 11.8 Å². The maximum Gasteiger partial charge on any atom is 0.222 e. The molecule has 0 aromatic rings. The predicted octanol–water partition coefficient (Wildman–Crippen LogP) is 4.64. The molecule has 3 heteroatoms. The fourth-order valence-electron chi connectivity index (χ4n) is 2.28. The molecule has 0 atom stereocenters. The fraction of sp³-hybridized carbons (Fsp3) is 0.889. The van der Waals surface area contributed by atoms with E-state index in [2.05, 4.69) is 5.32 Å². The monoisotopic (exact) mass is 297 g/mol. The predicted molar refractivity (Wildman–Crippen MR) is 89.3 cm³/mol. The molecule has 1 N–H and O–H groups in total. The van der Waals surface area contributed by atoms with Crippen LogP contribution in [0.15, 0.2) is 0 Å². The molecule has 0 aliphatic heterocycles. The molecule has 124 valence electrons. The molecule has 0 saturated carbocycles. The van der Waals surface area contributed by atoms with Crippen LogP contribution in [-0.2, 0) is 9.59 Å². The summed E-state index contributed by atoms with van der Waals surface area (Å²) in [6, 6.07) is 0. The minimum absolute atomic E-state index is 0.0950. The highest BCUT2D eigenvalue weighted by Crippen LogP contribution is 2.11. The SMILES string of the molecule is CCC(=O)CCCCCCCCCCCNC(=O)C(C)C. The third-order valence-electron chi connectivity index (χ3n) is 3.85. The molecule has 0 aromatic carbocycles. The van der Waals surface area contributed by atoms with Crippen molar-refractivity contribution in [1.29, 1.82) is 0 Å². The van der Waals surface area contributed by atoms with Crippen molar-refractivity contribution in [3.05, 3.63) is 0 Å². The second kappa shape index (κ2) is 14.1. The van der Waals surface area contributed by atoms with Crippen LogP contribution in [0.1, 0.15) is 91.4 Å². The Morgan fingerprint density at radius 2 is 1.29 bits per heavy atom. The van der Waals surface area contributed by atoms with E-state index in [1.807, 2.05) is 20.8 Å². The second-order valence-electron chi connectivity index (χ2n) is 6.27. The number of hydrogen-bond acceptors (Lipinski definition) is 2. The minimum atomic E-state index is 0.0950. The molecule has 0 aliphatic rings. The Balaban J connectivity index is 3.12. The highest BCUT2D eigenvalue weighted by Gasteiger charge is 2.04. The zero-order chi connectivity index (χ0) is 15.9. The van der Waals surface area contributed by atoms with Gasteiger partial charge in [0, 0.05) is 25.3 Å². The third-order valence-corrected chi connectivity index (χ3v) is 3.85. The Kier molecular flexibility index (Phi) is 13.5. The van der Waals surface area contributed by atoms with Crippen molar-refractivity contribution in [2.24, 2.45) is 5.92 Å². The molecule has 0 unspecified atom stereocenters. The van der Waals surface area contributed by atoms with Gasteiger partial charge in [-0.2, -0.15) is 0 Å². The quantitative estimate of drug-likeness (QED) is 0.475. The number of nitrogens with one attached hydrogen (secondary N) is 1. The summed E-state index contributed by atoms with van der Waals surface area (Å²) in [6.07, 6.45) is 12.5. The molecule has 0 aromatic heterocycles. The van der Waals surface area contributed by atoms with Gasteiger partial charge in [0.15, 0.2) is 0 Å². The van der Waals surface area contributed by atoms with Gasteiger partial charge < -0.3 is 5.32 Å². The van der Waals surface area contributed by atoms with Crippen molar-refractivity contribution in [3.8, 4) is 0 Å². The van der Waals surface area contributed by atoms with E-state index < -0.39 is 0 Å². The topological polar surface area (TPSA) is 46.2 Å². The van der Waals surface area contributed by atoms with Gasteiger partial charge in [0.2, 0.25) is 5.91 Å². The molecule has 0 saturated heterocycles. The van der Waals surface area contributed by atoms with Gasteiger partial charge in [-0.1, -0.05) is 65.7 Å². The Morgan fingerprint density at radius 3 is 1.76 bits per heavy atom. The molecular formula is C18H35NO2. The molecule has 0 aliphatic carbocycles. The molecular weight excluding hydrogens is 262 g/mol. The smallest absolute Gasteiger partial charge is 0.222 e. The Hall–Kier alpha value is -0.860. The van der Waals surface area contributed by atoms with E-state index in [0.717, 1.165) is 25.8 Å². The number of unbranched alkanes of at least 4 members (excludes halogenated alkanes) is 8. The van der Waals surface area contributed by atoms with Crippen LogP contribution in [0.3, 0.4) is 0 Å². The van der Waals surface area contributed by atoms with Crippen molar-refractivity contribution in [2.75, 3.05) is 6.54 Å². The average Bonchev–Trinajstić information content (AvgIpc) is 2.47. The highest BCUT2D eigenvalue weighted by atomic mass is 16.1. The number of Topliss-reactive ketones (excluding diaryl/α,β-unsaturated/α-hetero) is 1. The summed E-state index contributed by atoms with van der Waals surface area (Å²) in [6.45, 7) is 6.61. The summed E-state index contributed by atoms with van der Waals surface area (Å²) in [5.41, 5.74) is 0. The first kappa shape index (κ1) is 20.1. The molecule has 3 nitrogen and oxygen atoms in total.